The number of hydrogen-bond acceptors (Lipinski definition) is 5. The zero-order valence-corrected chi connectivity index (χ0v) is 16.8. The fourth-order valence-corrected chi connectivity index (χ4v) is 4.57. The molecule has 1 atom stereocenters. The zero-order valence-electron chi connectivity index (χ0n) is 16.0. The molecule has 0 aromatic carbocycles. The van der Waals surface area contributed by atoms with Crippen LogP contribution >= 0.6 is 11.3 Å². The number of rotatable bonds is 6. The highest BCUT2D eigenvalue weighted by Crippen LogP contribution is 2.29. The first-order valence-corrected chi connectivity index (χ1v) is 10.6. The average Bonchev–Trinajstić information content (AvgIpc) is 3.33. The van der Waals surface area contributed by atoms with Gasteiger partial charge in [0.2, 0.25) is 5.91 Å². The van der Waals surface area contributed by atoms with Gasteiger partial charge in [-0.3, -0.25) is 14.1 Å². The molecule has 0 aliphatic carbocycles. The number of piperidine rings is 1. The van der Waals surface area contributed by atoms with Gasteiger partial charge < -0.3 is 5.32 Å². The minimum Gasteiger partial charge on any atom is -0.353 e. The van der Waals surface area contributed by atoms with Gasteiger partial charge in [0.05, 0.1) is 6.04 Å². The fraction of sp³-hybridized carbons (Fsp3) is 0.450. The van der Waals surface area contributed by atoms with E-state index in [9.17, 15) is 9.59 Å². The topological polar surface area (TPSA) is 71.6 Å². The molecule has 0 spiro atoms. The minimum absolute atomic E-state index is 0.0747. The Labute approximate surface area is 167 Å². The molecule has 1 N–H and O–H groups in total. The molecule has 3 aromatic rings. The second-order valence-electron chi connectivity index (χ2n) is 7.42. The summed E-state index contributed by atoms with van der Waals surface area (Å²) < 4.78 is 2.66. The van der Waals surface area contributed by atoms with Crippen LogP contribution in [0.25, 0.3) is 5.65 Å². The van der Waals surface area contributed by atoms with Crippen molar-refractivity contribution in [1.29, 1.82) is 0 Å². The Hall–Kier alpha value is -2.45. The van der Waals surface area contributed by atoms with E-state index in [1.54, 1.807) is 29.7 Å². The Bertz CT molecular complexity index is 986. The highest BCUT2D eigenvalue weighted by molar-refractivity contribution is 7.10. The first-order chi connectivity index (χ1) is 13.6. The number of pyridine rings is 1. The first-order valence-electron chi connectivity index (χ1n) is 9.70. The van der Waals surface area contributed by atoms with E-state index >= 15 is 0 Å². The Kier molecular flexibility index (Phi) is 5.59. The molecule has 1 amide bonds. The summed E-state index contributed by atoms with van der Waals surface area (Å²) in [5.74, 6) is 0.564. The maximum Gasteiger partial charge on any atom is 0.350 e. The van der Waals surface area contributed by atoms with Crippen LogP contribution in [0.1, 0.15) is 30.7 Å². The van der Waals surface area contributed by atoms with Crippen LogP contribution < -0.4 is 11.0 Å². The lowest BCUT2D eigenvalue weighted by atomic mass is 9.97. The molecule has 4 rings (SSSR count). The summed E-state index contributed by atoms with van der Waals surface area (Å²) in [6.07, 6.45) is 4.03. The SMILES string of the molecule is CC1CCN(C(CNC(=O)Cn2nc3ccccn3c2=O)c2cccs2)CC1. The number of nitrogens with one attached hydrogen (secondary N) is 1. The molecule has 1 aliphatic heterocycles. The predicted molar refractivity (Wildman–Crippen MR) is 109 cm³/mol. The highest BCUT2D eigenvalue weighted by Gasteiger charge is 2.25. The van der Waals surface area contributed by atoms with Crippen LogP contribution in [0.4, 0.5) is 0 Å². The molecule has 1 unspecified atom stereocenters. The quantitative estimate of drug-likeness (QED) is 0.689. The normalized spacial score (nSPS) is 17.0. The number of aromatic nitrogens is 3. The van der Waals surface area contributed by atoms with Gasteiger partial charge in [-0.05, 0) is 55.4 Å². The summed E-state index contributed by atoms with van der Waals surface area (Å²) in [4.78, 5) is 28.6. The van der Waals surface area contributed by atoms with Crippen molar-refractivity contribution in [3.63, 3.8) is 0 Å². The van der Waals surface area contributed by atoms with E-state index in [-0.39, 0.29) is 24.2 Å². The summed E-state index contributed by atoms with van der Waals surface area (Å²) in [6.45, 7) is 4.85. The monoisotopic (exact) mass is 399 g/mol. The van der Waals surface area contributed by atoms with E-state index in [1.165, 1.54) is 26.8 Å². The summed E-state index contributed by atoms with van der Waals surface area (Å²) in [6, 6.07) is 9.70. The van der Waals surface area contributed by atoms with E-state index < -0.39 is 0 Å². The van der Waals surface area contributed by atoms with Gasteiger partial charge in [-0.15, -0.1) is 16.4 Å². The summed E-state index contributed by atoms with van der Waals surface area (Å²) in [5.41, 5.74) is 0.241. The van der Waals surface area contributed by atoms with Crippen molar-refractivity contribution in [3.8, 4) is 0 Å². The molecule has 7 nitrogen and oxygen atoms in total. The van der Waals surface area contributed by atoms with Crippen LogP contribution in [0.5, 0.6) is 0 Å². The van der Waals surface area contributed by atoms with Gasteiger partial charge in [0, 0.05) is 17.6 Å². The number of nitrogens with zero attached hydrogens (tertiary/aromatic N) is 4. The maximum absolute atomic E-state index is 12.5. The largest absolute Gasteiger partial charge is 0.353 e. The molecule has 1 fully saturated rings. The van der Waals surface area contributed by atoms with Gasteiger partial charge in [-0.2, -0.15) is 0 Å². The van der Waals surface area contributed by atoms with Gasteiger partial charge in [-0.1, -0.05) is 19.1 Å². The van der Waals surface area contributed by atoms with Crippen LogP contribution in [0.2, 0.25) is 0 Å². The third-order valence-corrected chi connectivity index (χ3v) is 6.38. The van der Waals surface area contributed by atoms with Crippen molar-refractivity contribution in [2.45, 2.75) is 32.4 Å². The number of likely N-dealkylation sites (tertiary alicyclic amines) is 1. The number of carbonyl (C=O) groups excluding carboxylic acids is 1. The summed E-state index contributed by atoms with van der Waals surface area (Å²) in [7, 11) is 0. The zero-order chi connectivity index (χ0) is 19.5. The van der Waals surface area contributed by atoms with Gasteiger partial charge >= 0.3 is 5.69 Å². The Morgan fingerprint density at radius 2 is 2.11 bits per heavy atom. The predicted octanol–water partition coefficient (Wildman–Crippen LogP) is 2.15. The van der Waals surface area contributed by atoms with Crippen molar-refractivity contribution >= 4 is 22.9 Å². The van der Waals surface area contributed by atoms with Crippen LogP contribution in [-0.4, -0.2) is 44.6 Å². The highest BCUT2D eigenvalue weighted by atomic mass is 32.1. The molecule has 0 bridgehead atoms. The van der Waals surface area contributed by atoms with Gasteiger partial charge in [0.15, 0.2) is 5.65 Å². The lowest BCUT2D eigenvalue weighted by Gasteiger charge is -2.36. The second kappa shape index (κ2) is 8.28. The average molecular weight is 400 g/mol. The molecule has 4 heterocycles. The van der Waals surface area contributed by atoms with E-state index in [0.717, 1.165) is 19.0 Å². The summed E-state index contributed by atoms with van der Waals surface area (Å²) >= 11 is 1.72. The molecule has 8 heteroatoms. The smallest absolute Gasteiger partial charge is 0.350 e. The van der Waals surface area contributed by atoms with E-state index in [1.807, 2.05) is 6.07 Å². The lowest BCUT2D eigenvalue weighted by molar-refractivity contribution is -0.122. The molecule has 28 heavy (non-hydrogen) atoms. The number of hydrogen-bond donors (Lipinski definition) is 1. The minimum atomic E-state index is -0.300. The van der Waals surface area contributed by atoms with Crippen molar-refractivity contribution < 1.29 is 4.79 Å². The van der Waals surface area contributed by atoms with Gasteiger partial charge in [0.1, 0.15) is 6.54 Å². The molecule has 1 saturated heterocycles. The van der Waals surface area contributed by atoms with E-state index in [4.69, 9.17) is 0 Å². The Balaban J connectivity index is 1.42. The number of carbonyl (C=O) groups is 1. The van der Waals surface area contributed by atoms with Gasteiger partial charge in [0.25, 0.3) is 0 Å². The lowest BCUT2D eigenvalue weighted by Crippen LogP contribution is -2.42. The van der Waals surface area contributed by atoms with Crippen LogP contribution in [0.15, 0.2) is 46.7 Å². The van der Waals surface area contributed by atoms with Crippen LogP contribution in [0, 0.1) is 5.92 Å². The molecule has 1 aliphatic rings. The summed E-state index contributed by atoms with van der Waals surface area (Å²) in [5, 5.41) is 9.32. The fourth-order valence-electron chi connectivity index (χ4n) is 3.70. The number of fused-ring (bicyclic) bond motifs is 1. The van der Waals surface area contributed by atoms with Crippen LogP contribution in [0.3, 0.4) is 0 Å². The standard InChI is InChI=1S/C20H25N5O2S/c1-15-7-10-23(11-8-15)16(17-5-4-12-28-17)13-21-19(26)14-25-20(27)24-9-3-2-6-18(24)22-25/h2-6,9,12,15-16H,7-8,10-11,13-14H2,1H3,(H,21,26). The Morgan fingerprint density at radius 1 is 1.29 bits per heavy atom. The van der Waals surface area contributed by atoms with Crippen molar-refractivity contribution in [2.75, 3.05) is 19.6 Å². The molecular weight excluding hydrogens is 374 g/mol. The number of thiophene rings is 1. The van der Waals surface area contributed by atoms with Crippen LogP contribution in [-0.2, 0) is 11.3 Å². The third-order valence-electron chi connectivity index (χ3n) is 5.40. The molecule has 0 saturated carbocycles. The van der Waals surface area contributed by atoms with E-state index in [0.29, 0.717) is 12.2 Å². The molecular formula is C20H25N5O2S. The Morgan fingerprint density at radius 3 is 2.82 bits per heavy atom. The van der Waals surface area contributed by atoms with Crippen molar-refractivity contribution in [1.82, 2.24) is 24.4 Å². The second-order valence-corrected chi connectivity index (χ2v) is 8.40. The molecule has 148 valence electrons. The first kappa shape index (κ1) is 18.9. The van der Waals surface area contributed by atoms with E-state index in [2.05, 4.69) is 39.8 Å². The molecule has 3 aromatic heterocycles. The van der Waals surface area contributed by atoms with Crippen molar-refractivity contribution in [2.24, 2.45) is 5.92 Å². The van der Waals surface area contributed by atoms with Crippen molar-refractivity contribution in [3.05, 3.63) is 57.3 Å². The maximum atomic E-state index is 12.5. The molecule has 0 radical (unpaired) electrons. The van der Waals surface area contributed by atoms with Gasteiger partial charge in [-0.25, -0.2) is 9.48 Å². The number of amides is 1. The third kappa shape index (κ3) is 4.02.